The third-order valence-electron chi connectivity index (χ3n) is 4.03. The van der Waals surface area contributed by atoms with Gasteiger partial charge in [0.05, 0.1) is 12.1 Å². The summed E-state index contributed by atoms with van der Waals surface area (Å²) in [5.74, 6) is 2.67. The van der Waals surface area contributed by atoms with Gasteiger partial charge in [0, 0.05) is 11.3 Å². The Labute approximate surface area is 130 Å². The summed E-state index contributed by atoms with van der Waals surface area (Å²) in [6.07, 6.45) is 3.52. The number of ether oxygens (including phenoxy) is 1. The van der Waals surface area contributed by atoms with E-state index >= 15 is 0 Å². The fourth-order valence-electron chi connectivity index (χ4n) is 2.93. The van der Waals surface area contributed by atoms with Crippen LogP contribution in [0.15, 0.2) is 18.2 Å². The normalized spacial score (nSPS) is 22.0. The Hall–Kier alpha value is -1.36. The molecule has 3 rings (SSSR count). The molecule has 0 amide bonds. The first-order valence-corrected chi connectivity index (χ1v) is 8.63. The number of hydrogen-bond acceptors (Lipinski definition) is 4. The van der Waals surface area contributed by atoms with Crippen molar-refractivity contribution >= 4 is 28.7 Å². The molecule has 1 fully saturated rings. The van der Waals surface area contributed by atoms with Crippen molar-refractivity contribution in [3.63, 3.8) is 0 Å². The van der Waals surface area contributed by atoms with E-state index in [0.717, 1.165) is 29.7 Å². The summed E-state index contributed by atoms with van der Waals surface area (Å²) in [5, 5.41) is 0. The maximum absolute atomic E-state index is 6.17. The first-order valence-electron chi connectivity index (χ1n) is 7.64. The topological polar surface area (TPSA) is 53.1 Å². The zero-order valence-electron chi connectivity index (χ0n) is 12.8. The molecule has 2 heterocycles. The zero-order valence-corrected chi connectivity index (χ0v) is 13.6. The second kappa shape index (κ2) is 5.79. The Morgan fingerprint density at radius 1 is 1.48 bits per heavy atom. The van der Waals surface area contributed by atoms with Crippen molar-refractivity contribution in [1.82, 2.24) is 9.55 Å². The fraction of sp³-hybridized carbons (Fsp3) is 0.562. The van der Waals surface area contributed by atoms with Crippen LogP contribution in [0.25, 0.3) is 11.0 Å². The molecular formula is C16H23N3OS. The van der Waals surface area contributed by atoms with Crippen LogP contribution in [0, 0.1) is 0 Å². The third-order valence-corrected chi connectivity index (χ3v) is 5.55. The lowest BCUT2D eigenvalue weighted by atomic mass is 10.1. The van der Waals surface area contributed by atoms with Crippen molar-refractivity contribution in [2.75, 3.05) is 18.1 Å². The molecule has 5 heteroatoms. The van der Waals surface area contributed by atoms with Gasteiger partial charge in [-0.3, -0.25) is 0 Å². The van der Waals surface area contributed by atoms with Gasteiger partial charge in [0.2, 0.25) is 5.95 Å². The van der Waals surface area contributed by atoms with E-state index in [-0.39, 0.29) is 4.75 Å². The predicted octanol–water partition coefficient (Wildman–Crippen LogP) is 3.69. The van der Waals surface area contributed by atoms with Gasteiger partial charge in [0.15, 0.2) is 0 Å². The lowest BCUT2D eigenvalue weighted by Crippen LogP contribution is -2.24. The number of benzene rings is 1. The van der Waals surface area contributed by atoms with E-state index < -0.39 is 0 Å². The van der Waals surface area contributed by atoms with Gasteiger partial charge in [-0.05, 0) is 44.1 Å². The van der Waals surface area contributed by atoms with Gasteiger partial charge >= 0.3 is 0 Å². The molecule has 1 aromatic carbocycles. The number of anilines is 1. The molecule has 4 nitrogen and oxygen atoms in total. The maximum Gasteiger partial charge on any atom is 0.201 e. The van der Waals surface area contributed by atoms with Gasteiger partial charge in [-0.25, -0.2) is 4.98 Å². The Bertz CT molecular complexity index is 632. The molecule has 2 aromatic rings. The average molecular weight is 305 g/mol. The number of nitrogens with two attached hydrogens (primary N) is 1. The van der Waals surface area contributed by atoms with Crippen molar-refractivity contribution in [2.45, 2.75) is 44.4 Å². The quantitative estimate of drug-likeness (QED) is 0.915. The number of aromatic nitrogens is 2. The van der Waals surface area contributed by atoms with Crippen LogP contribution in [0.3, 0.4) is 0 Å². The number of nitrogens with zero attached hydrogens (tertiary/aromatic N) is 2. The van der Waals surface area contributed by atoms with E-state index in [1.807, 2.05) is 23.9 Å². The van der Waals surface area contributed by atoms with E-state index in [9.17, 15) is 0 Å². The van der Waals surface area contributed by atoms with Crippen LogP contribution in [-0.4, -0.2) is 26.7 Å². The SMILES string of the molecule is CCCOc1cccc2c1nc(N)n2CC1(C)CCCS1. The molecule has 1 aliphatic heterocycles. The summed E-state index contributed by atoms with van der Waals surface area (Å²) in [7, 11) is 0. The number of thioether (sulfide) groups is 1. The number of fused-ring (bicyclic) bond motifs is 1. The maximum atomic E-state index is 6.17. The highest BCUT2D eigenvalue weighted by Crippen LogP contribution is 2.40. The smallest absolute Gasteiger partial charge is 0.201 e. The van der Waals surface area contributed by atoms with Gasteiger partial charge in [-0.2, -0.15) is 11.8 Å². The number of para-hydroxylation sites is 1. The van der Waals surface area contributed by atoms with Crippen molar-refractivity contribution in [1.29, 1.82) is 0 Å². The molecular weight excluding hydrogens is 282 g/mol. The van der Waals surface area contributed by atoms with Crippen LogP contribution in [0.5, 0.6) is 5.75 Å². The minimum absolute atomic E-state index is 0.266. The zero-order chi connectivity index (χ0) is 14.9. The summed E-state index contributed by atoms with van der Waals surface area (Å²) in [6.45, 7) is 6.05. The predicted molar refractivity (Wildman–Crippen MR) is 90.0 cm³/mol. The average Bonchev–Trinajstić information content (AvgIpc) is 3.03. The van der Waals surface area contributed by atoms with Crippen LogP contribution >= 0.6 is 11.8 Å². The number of rotatable bonds is 5. The van der Waals surface area contributed by atoms with Crippen molar-refractivity contribution in [3.05, 3.63) is 18.2 Å². The van der Waals surface area contributed by atoms with Gasteiger partial charge in [-0.15, -0.1) is 0 Å². The molecule has 1 aliphatic rings. The molecule has 0 radical (unpaired) electrons. The molecule has 0 aliphatic carbocycles. The molecule has 0 spiro atoms. The van der Waals surface area contributed by atoms with E-state index in [2.05, 4.69) is 29.5 Å². The molecule has 1 aromatic heterocycles. The third kappa shape index (κ3) is 2.84. The largest absolute Gasteiger partial charge is 0.491 e. The van der Waals surface area contributed by atoms with Gasteiger partial charge in [0.1, 0.15) is 11.3 Å². The minimum atomic E-state index is 0.266. The monoisotopic (exact) mass is 305 g/mol. The molecule has 2 N–H and O–H groups in total. The molecule has 21 heavy (non-hydrogen) atoms. The van der Waals surface area contributed by atoms with Crippen molar-refractivity contribution in [2.24, 2.45) is 0 Å². The molecule has 0 bridgehead atoms. The summed E-state index contributed by atoms with van der Waals surface area (Å²) >= 11 is 2.04. The standard InChI is InChI=1S/C16H23N3OS/c1-3-9-20-13-7-4-6-12-14(13)18-15(17)19(12)11-16(2)8-5-10-21-16/h4,6-7H,3,5,8-11H2,1-2H3,(H2,17,18). The lowest BCUT2D eigenvalue weighted by Gasteiger charge is -2.24. The Balaban J connectivity index is 1.97. The Kier molecular flexibility index (Phi) is 4.02. The molecule has 1 saturated heterocycles. The summed E-state index contributed by atoms with van der Waals surface area (Å²) < 4.78 is 8.21. The number of hydrogen-bond donors (Lipinski definition) is 1. The minimum Gasteiger partial charge on any atom is -0.491 e. The lowest BCUT2D eigenvalue weighted by molar-refractivity contribution is 0.320. The van der Waals surface area contributed by atoms with Gasteiger partial charge < -0.3 is 15.0 Å². The second-order valence-corrected chi connectivity index (χ2v) is 7.61. The van der Waals surface area contributed by atoms with Crippen molar-refractivity contribution < 1.29 is 4.74 Å². The summed E-state index contributed by atoms with van der Waals surface area (Å²) in [6, 6.07) is 6.08. The van der Waals surface area contributed by atoms with E-state index in [1.54, 1.807) is 0 Å². The highest BCUT2D eigenvalue weighted by molar-refractivity contribution is 8.00. The first kappa shape index (κ1) is 14.6. The van der Waals surface area contributed by atoms with E-state index in [0.29, 0.717) is 12.6 Å². The molecule has 114 valence electrons. The van der Waals surface area contributed by atoms with Crippen LogP contribution in [-0.2, 0) is 6.54 Å². The van der Waals surface area contributed by atoms with Crippen molar-refractivity contribution in [3.8, 4) is 5.75 Å². The van der Waals surface area contributed by atoms with Gasteiger partial charge in [-0.1, -0.05) is 13.0 Å². The Morgan fingerprint density at radius 3 is 3.05 bits per heavy atom. The van der Waals surface area contributed by atoms with E-state index in [1.165, 1.54) is 18.6 Å². The second-order valence-electron chi connectivity index (χ2n) is 5.93. The van der Waals surface area contributed by atoms with Crippen LogP contribution < -0.4 is 10.5 Å². The van der Waals surface area contributed by atoms with Crippen LogP contribution in [0.4, 0.5) is 5.95 Å². The molecule has 1 unspecified atom stereocenters. The first-order chi connectivity index (χ1) is 10.1. The highest BCUT2D eigenvalue weighted by atomic mass is 32.2. The number of imidazole rings is 1. The van der Waals surface area contributed by atoms with Gasteiger partial charge in [0.25, 0.3) is 0 Å². The summed E-state index contributed by atoms with van der Waals surface area (Å²) in [5.41, 5.74) is 8.14. The van der Waals surface area contributed by atoms with E-state index in [4.69, 9.17) is 10.5 Å². The molecule has 0 saturated carbocycles. The Morgan fingerprint density at radius 2 is 2.33 bits per heavy atom. The van der Waals surface area contributed by atoms with Crippen LogP contribution in [0.2, 0.25) is 0 Å². The van der Waals surface area contributed by atoms with Crippen LogP contribution in [0.1, 0.15) is 33.1 Å². The molecule has 1 atom stereocenters. The summed E-state index contributed by atoms with van der Waals surface area (Å²) in [4.78, 5) is 4.55. The highest BCUT2D eigenvalue weighted by Gasteiger charge is 2.31. The fourth-order valence-corrected chi connectivity index (χ4v) is 4.22. The number of nitrogen functional groups attached to an aromatic ring is 1.